The summed E-state index contributed by atoms with van der Waals surface area (Å²) in [4.78, 5) is 5.51. The summed E-state index contributed by atoms with van der Waals surface area (Å²) < 4.78 is 37.2. The minimum absolute atomic E-state index is 0.0465. The van der Waals surface area contributed by atoms with Gasteiger partial charge >= 0.3 is 6.18 Å². The molecule has 1 aromatic carbocycles. The average molecular weight is 349 g/mol. The smallest absolute Gasteiger partial charge is 0.352 e. The first-order chi connectivity index (χ1) is 10.9. The van der Waals surface area contributed by atoms with Gasteiger partial charge in [0, 0.05) is 37.7 Å². The molecule has 1 heterocycles. The molecule has 2 rings (SSSR count). The zero-order valence-corrected chi connectivity index (χ0v) is 13.6. The van der Waals surface area contributed by atoms with Crippen molar-refractivity contribution in [2.24, 2.45) is 4.99 Å². The van der Waals surface area contributed by atoms with Gasteiger partial charge in [-0.05, 0) is 18.1 Å². The summed E-state index contributed by atoms with van der Waals surface area (Å²) in [6.45, 7) is 0.417. The van der Waals surface area contributed by atoms with Crippen molar-refractivity contribution in [3.63, 3.8) is 0 Å². The second kappa shape index (κ2) is 7.88. The lowest BCUT2D eigenvalue weighted by Crippen LogP contribution is -2.44. The summed E-state index contributed by atoms with van der Waals surface area (Å²) >= 11 is 6.09. The maximum absolute atomic E-state index is 12.4. The van der Waals surface area contributed by atoms with Crippen LogP contribution < -0.4 is 10.6 Å². The Morgan fingerprint density at radius 3 is 2.78 bits per heavy atom. The number of aliphatic imine (C=N–C) groups is 1. The predicted octanol–water partition coefficient (Wildman–Crippen LogP) is 2.64. The molecule has 0 aliphatic carbocycles. The molecule has 0 spiro atoms. The van der Waals surface area contributed by atoms with Crippen LogP contribution in [0.15, 0.2) is 29.3 Å². The molecule has 1 aliphatic rings. The zero-order chi connectivity index (χ0) is 16.9. The lowest BCUT2D eigenvalue weighted by atomic mass is 10.2. The molecule has 128 valence electrons. The molecule has 1 unspecified atom stereocenters. The van der Waals surface area contributed by atoms with Crippen molar-refractivity contribution < 1.29 is 13.2 Å². The molecule has 0 aromatic heterocycles. The number of nitrogens with zero attached hydrogens (tertiary/aromatic N) is 2. The van der Waals surface area contributed by atoms with E-state index in [0.717, 1.165) is 5.56 Å². The molecule has 8 heteroatoms. The number of benzene rings is 1. The lowest BCUT2D eigenvalue weighted by molar-refractivity contribution is -0.143. The molecule has 0 bridgehead atoms. The highest BCUT2D eigenvalue weighted by Crippen LogP contribution is 2.20. The Morgan fingerprint density at radius 1 is 1.39 bits per heavy atom. The van der Waals surface area contributed by atoms with E-state index in [1.165, 1.54) is 4.90 Å². The molecular formula is C15H20ClF3N4. The van der Waals surface area contributed by atoms with Crippen molar-refractivity contribution in [1.82, 2.24) is 15.5 Å². The molecule has 1 atom stereocenters. The SMILES string of the molecule is CN=C(NCc1ccccc1Cl)NC1CCN(CC(F)(F)F)C1. The topological polar surface area (TPSA) is 39.7 Å². The van der Waals surface area contributed by atoms with Crippen molar-refractivity contribution in [2.75, 3.05) is 26.7 Å². The first-order valence-corrected chi connectivity index (χ1v) is 7.75. The van der Waals surface area contributed by atoms with Gasteiger partial charge in [0.1, 0.15) is 0 Å². The molecule has 1 fully saturated rings. The van der Waals surface area contributed by atoms with Gasteiger partial charge in [0.2, 0.25) is 0 Å². The quantitative estimate of drug-likeness (QED) is 0.649. The van der Waals surface area contributed by atoms with Crippen LogP contribution in [0.3, 0.4) is 0 Å². The van der Waals surface area contributed by atoms with Crippen LogP contribution in [0.2, 0.25) is 5.02 Å². The summed E-state index contributed by atoms with van der Waals surface area (Å²) in [6.07, 6.45) is -3.50. The van der Waals surface area contributed by atoms with E-state index in [-0.39, 0.29) is 6.04 Å². The van der Waals surface area contributed by atoms with E-state index >= 15 is 0 Å². The van der Waals surface area contributed by atoms with Crippen molar-refractivity contribution in [3.8, 4) is 0 Å². The first kappa shape index (κ1) is 17.9. The second-order valence-electron chi connectivity index (χ2n) is 5.50. The summed E-state index contributed by atoms with van der Waals surface area (Å²) in [5.74, 6) is 0.559. The van der Waals surface area contributed by atoms with E-state index in [2.05, 4.69) is 15.6 Å². The van der Waals surface area contributed by atoms with Crippen LogP contribution in [-0.4, -0.2) is 49.8 Å². The highest BCUT2D eigenvalue weighted by atomic mass is 35.5. The number of hydrogen-bond donors (Lipinski definition) is 2. The number of hydrogen-bond acceptors (Lipinski definition) is 2. The van der Waals surface area contributed by atoms with Crippen molar-refractivity contribution in [3.05, 3.63) is 34.9 Å². The number of halogens is 4. The van der Waals surface area contributed by atoms with Gasteiger partial charge in [0.25, 0.3) is 0 Å². The standard InChI is InChI=1S/C15H20ClF3N4/c1-20-14(21-8-11-4-2-3-5-13(11)16)22-12-6-7-23(9-12)10-15(17,18)19/h2-5,12H,6-10H2,1H3,(H2,20,21,22). The third-order valence-corrected chi connectivity index (χ3v) is 4.01. The fraction of sp³-hybridized carbons (Fsp3) is 0.533. The molecule has 4 nitrogen and oxygen atoms in total. The summed E-state index contributed by atoms with van der Waals surface area (Å²) in [5, 5.41) is 6.95. The van der Waals surface area contributed by atoms with Gasteiger partial charge in [-0.3, -0.25) is 9.89 Å². The highest BCUT2D eigenvalue weighted by Gasteiger charge is 2.34. The van der Waals surface area contributed by atoms with E-state index in [1.807, 2.05) is 18.2 Å². The van der Waals surface area contributed by atoms with Gasteiger partial charge in [-0.1, -0.05) is 29.8 Å². The van der Waals surface area contributed by atoms with Crippen LogP contribution in [0.1, 0.15) is 12.0 Å². The van der Waals surface area contributed by atoms with E-state index in [1.54, 1.807) is 13.1 Å². The minimum atomic E-state index is -4.15. The Hall–Kier alpha value is -1.47. The summed E-state index contributed by atoms with van der Waals surface area (Å²) in [6, 6.07) is 7.41. The van der Waals surface area contributed by atoms with Gasteiger partial charge < -0.3 is 10.6 Å². The van der Waals surface area contributed by atoms with Gasteiger partial charge in [0.05, 0.1) is 6.54 Å². The van der Waals surface area contributed by atoms with Crippen molar-refractivity contribution in [1.29, 1.82) is 0 Å². The third kappa shape index (κ3) is 5.91. The molecule has 1 aliphatic heterocycles. The van der Waals surface area contributed by atoms with Crippen LogP contribution >= 0.6 is 11.6 Å². The summed E-state index contributed by atoms with van der Waals surface area (Å²) in [5.41, 5.74) is 0.933. The van der Waals surface area contributed by atoms with Crippen molar-refractivity contribution >= 4 is 17.6 Å². The number of rotatable bonds is 4. The summed E-state index contributed by atoms with van der Waals surface area (Å²) in [7, 11) is 1.63. The normalized spacial score (nSPS) is 19.9. The minimum Gasteiger partial charge on any atom is -0.352 e. The fourth-order valence-corrected chi connectivity index (χ4v) is 2.76. The van der Waals surface area contributed by atoms with E-state index < -0.39 is 12.7 Å². The van der Waals surface area contributed by atoms with Crippen molar-refractivity contribution in [2.45, 2.75) is 25.2 Å². The molecule has 1 aromatic rings. The van der Waals surface area contributed by atoms with E-state index in [9.17, 15) is 13.2 Å². The number of likely N-dealkylation sites (tertiary alicyclic amines) is 1. The molecule has 0 amide bonds. The van der Waals surface area contributed by atoms with Gasteiger partial charge in [-0.15, -0.1) is 0 Å². The number of guanidine groups is 1. The van der Waals surface area contributed by atoms with Crippen LogP contribution in [0.25, 0.3) is 0 Å². The molecule has 2 N–H and O–H groups in total. The van der Waals surface area contributed by atoms with Crippen LogP contribution in [-0.2, 0) is 6.54 Å². The zero-order valence-electron chi connectivity index (χ0n) is 12.8. The first-order valence-electron chi connectivity index (χ1n) is 7.37. The molecule has 1 saturated heterocycles. The van der Waals surface area contributed by atoms with Crippen LogP contribution in [0.5, 0.6) is 0 Å². The lowest BCUT2D eigenvalue weighted by Gasteiger charge is -2.20. The molecule has 0 radical (unpaired) electrons. The molecule has 0 saturated carbocycles. The monoisotopic (exact) mass is 348 g/mol. The van der Waals surface area contributed by atoms with Crippen LogP contribution in [0, 0.1) is 0 Å². The maximum Gasteiger partial charge on any atom is 0.401 e. The van der Waals surface area contributed by atoms with Gasteiger partial charge in [-0.25, -0.2) is 0 Å². The Kier molecular flexibility index (Phi) is 6.12. The van der Waals surface area contributed by atoms with E-state index in [0.29, 0.717) is 37.0 Å². The number of nitrogens with one attached hydrogen (secondary N) is 2. The van der Waals surface area contributed by atoms with E-state index in [4.69, 9.17) is 11.6 Å². The third-order valence-electron chi connectivity index (χ3n) is 3.64. The Morgan fingerprint density at radius 2 is 2.13 bits per heavy atom. The van der Waals surface area contributed by atoms with Crippen LogP contribution in [0.4, 0.5) is 13.2 Å². The maximum atomic E-state index is 12.4. The fourth-order valence-electron chi connectivity index (χ4n) is 2.56. The Bertz CT molecular complexity index is 548. The Labute approximate surface area is 138 Å². The predicted molar refractivity (Wildman–Crippen MR) is 85.7 cm³/mol. The highest BCUT2D eigenvalue weighted by molar-refractivity contribution is 6.31. The Balaban J connectivity index is 1.81. The molecule has 23 heavy (non-hydrogen) atoms. The van der Waals surface area contributed by atoms with Gasteiger partial charge in [0.15, 0.2) is 5.96 Å². The molecular weight excluding hydrogens is 329 g/mol. The average Bonchev–Trinajstić information content (AvgIpc) is 2.90. The van der Waals surface area contributed by atoms with Gasteiger partial charge in [-0.2, -0.15) is 13.2 Å². The number of alkyl halides is 3. The largest absolute Gasteiger partial charge is 0.401 e. The second-order valence-corrected chi connectivity index (χ2v) is 5.90.